The van der Waals surface area contributed by atoms with Gasteiger partial charge in [-0.25, -0.2) is 0 Å². The zero-order valence-electron chi connectivity index (χ0n) is 14.2. The number of rotatable bonds is 3. The van der Waals surface area contributed by atoms with Gasteiger partial charge < -0.3 is 4.90 Å². The molecule has 1 heterocycles. The second-order valence-corrected chi connectivity index (χ2v) is 7.31. The summed E-state index contributed by atoms with van der Waals surface area (Å²) in [5.74, 6) is 1.80. The Hall–Kier alpha value is -1.76. The van der Waals surface area contributed by atoms with E-state index in [2.05, 4.69) is 60.4 Å². The summed E-state index contributed by atoms with van der Waals surface area (Å²) in [6.07, 6.45) is 6.70. The van der Waals surface area contributed by atoms with Crippen LogP contribution < -0.4 is 4.90 Å². The zero-order valence-corrected chi connectivity index (χ0v) is 14.2. The summed E-state index contributed by atoms with van der Waals surface area (Å²) in [5.41, 5.74) is 5.96. The molecule has 2 aliphatic rings. The number of anilines is 1. The average Bonchev–Trinajstić information content (AvgIpc) is 2.97. The highest BCUT2D eigenvalue weighted by Gasteiger charge is 2.29. The summed E-state index contributed by atoms with van der Waals surface area (Å²) in [6, 6.07) is 18.0. The predicted octanol–water partition coefficient (Wildman–Crippen LogP) is 5.42. The molecule has 0 radical (unpaired) electrons. The molecule has 120 valence electrons. The topological polar surface area (TPSA) is 3.24 Å². The Morgan fingerprint density at radius 2 is 1.57 bits per heavy atom. The Balaban J connectivity index is 1.67. The molecular weight excluding hydrogens is 278 g/mol. The highest BCUT2D eigenvalue weighted by Crippen LogP contribution is 2.37. The zero-order chi connectivity index (χ0) is 15.6. The van der Waals surface area contributed by atoms with E-state index in [0.717, 1.165) is 24.8 Å². The van der Waals surface area contributed by atoms with Crippen molar-refractivity contribution in [3.63, 3.8) is 0 Å². The minimum atomic E-state index is 0.873. The van der Waals surface area contributed by atoms with E-state index in [9.17, 15) is 0 Å². The van der Waals surface area contributed by atoms with Crippen LogP contribution in [0.25, 0.3) is 0 Å². The van der Waals surface area contributed by atoms with Crippen LogP contribution in [-0.2, 0) is 13.0 Å². The molecule has 1 unspecified atom stereocenters. The lowest BCUT2D eigenvalue weighted by Crippen LogP contribution is -2.30. The molecule has 1 aliphatic heterocycles. The molecule has 1 nitrogen and oxygen atoms in total. The van der Waals surface area contributed by atoms with E-state index >= 15 is 0 Å². The third-order valence-corrected chi connectivity index (χ3v) is 5.99. The van der Waals surface area contributed by atoms with Gasteiger partial charge >= 0.3 is 0 Å². The van der Waals surface area contributed by atoms with Crippen molar-refractivity contribution < 1.29 is 0 Å². The summed E-state index contributed by atoms with van der Waals surface area (Å²) in [7, 11) is 0. The molecule has 23 heavy (non-hydrogen) atoms. The summed E-state index contributed by atoms with van der Waals surface area (Å²) >= 11 is 0. The van der Waals surface area contributed by atoms with Crippen LogP contribution in [0.5, 0.6) is 0 Å². The fourth-order valence-electron chi connectivity index (χ4n) is 4.69. The van der Waals surface area contributed by atoms with Crippen molar-refractivity contribution in [1.82, 2.24) is 0 Å². The Bertz CT molecular complexity index is 675. The molecule has 0 bridgehead atoms. The molecule has 1 aliphatic carbocycles. The van der Waals surface area contributed by atoms with Gasteiger partial charge in [0, 0.05) is 18.8 Å². The molecular formula is C22H27N. The lowest BCUT2D eigenvalue weighted by molar-refractivity contribution is 0.375. The number of nitrogens with zero attached hydrogens (tertiary/aromatic N) is 1. The van der Waals surface area contributed by atoms with Gasteiger partial charge in [0.1, 0.15) is 0 Å². The SMILES string of the molecule is CCC1CCC[C@H]1CN1Cc2ccccc2Cc2ccccc21. The van der Waals surface area contributed by atoms with Crippen LogP contribution in [0.15, 0.2) is 48.5 Å². The van der Waals surface area contributed by atoms with Gasteiger partial charge in [0.05, 0.1) is 0 Å². The van der Waals surface area contributed by atoms with Gasteiger partial charge in [-0.2, -0.15) is 0 Å². The molecule has 2 aromatic carbocycles. The maximum absolute atomic E-state index is 2.67. The van der Waals surface area contributed by atoms with E-state index in [-0.39, 0.29) is 0 Å². The third kappa shape index (κ3) is 2.89. The Morgan fingerprint density at radius 3 is 2.39 bits per heavy atom. The maximum atomic E-state index is 2.67. The molecule has 0 saturated heterocycles. The van der Waals surface area contributed by atoms with Gasteiger partial charge in [-0.15, -0.1) is 0 Å². The fourth-order valence-corrected chi connectivity index (χ4v) is 4.69. The van der Waals surface area contributed by atoms with E-state index < -0.39 is 0 Å². The van der Waals surface area contributed by atoms with Crippen molar-refractivity contribution >= 4 is 5.69 Å². The predicted molar refractivity (Wildman–Crippen MR) is 97.9 cm³/mol. The van der Waals surface area contributed by atoms with E-state index in [1.54, 1.807) is 0 Å². The smallest absolute Gasteiger partial charge is 0.0432 e. The maximum Gasteiger partial charge on any atom is 0.0432 e. The summed E-state index contributed by atoms with van der Waals surface area (Å²) < 4.78 is 0. The van der Waals surface area contributed by atoms with Crippen molar-refractivity contribution in [3.8, 4) is 0 Å². The minimum Gasteiger partial charge on any atom is -0.367 e. The number of hydrogen-bond donors (Lipinski definition) is 0. The van der Waals surface area contributed by atoms with Crippen LogP contribution in [-0.4, -0.2) is 6.54 Å². The largest absolute Gasteiger partial charge is 0.367 e. The molecule has 1 heteroatoms. The lowest BCUT2D eigenvalue weighted by atomic mass is 9.93. The van der Waals surface area contributed by atoms with Crippen molar-refractivity contribution in [2.75, 3.05) is 11.4 Å². The van der Waals surface area contributed by atoms with E-state index in [1.807, 2.05) is 0 Å². The van der Waals surface area contributed by atoms with E-state index in [4.69, 9.17) is 0 Å². The van der Waals surface area contributed by atoms with E-state index in [1.165, 1.54) is 54.6 Å². The van der Waals surface area contributed by atoms with Crippen LogP contribution in [0.3, 0.4) is 0 Å². The van der Waals surface area contributed by atoms with Crippen LogP contribution in [0.4, 0.5) is 5.69 Å². The summed E-state index contributed by atoms with van der Waals surface area (Å²) in [4.78, 5) is 2.67. The Kier molecular flexibility index (Phi) is 4.11. The third-order valence-electron chi connectivity index (χ3n) is 5.99. The molecule has 0 spiro atoms. The van der Waals surface area contributed by atoms with E-state index in [0.29, 0.717) is 0 Å². The second kappa shape index (κ2) is 6.39. The Morgan fingerprint density at radius 1 is 0.870 bits per heavy atom. The minimum absolute atomic E-state index is 0.873. The van der Waals surface area contributed by atoms with Crippen molar-refractivity contribution in [2.45, 2.75) is 45.6 Å². The first-order chi connectivity index (χ1) is 11.3. The number of benzene rings is 2. The van der Waals surface area contributed by atoms with Gasteiger partial charge in [0.25, 0.3) is 0 Å². The van der Waals surface area contributed by atoms with Gasteiger partial charge in [0.2, 0.25) is 0 Å². The molecule has 1 saturated carbocycles. The first kappa shape index (κ1) is 14.8. The number of para-hydroxylation sites is 1. The van der Waals surface area contributed by atoms with Crippen molar-refractivity contribution in [3.05, 3.63) is 65.2 Å². The summed E-state index contributed by atoms with van der Waals surface area (Å²) in [5, 5.41) is 0. The average molecular weight is 305 g/mol. The molecule has 2 atom stereocenters. The van der Waals surface area contributed by atoms with Crippen molar-refractivity contribution in [2.24, 2.45) is 11.8 Å². The fraction of sp³-hybridized carbons (Fsp3) is 0.455. The monoisotopic (exact) mass is 305 g/mol. The van der Waals surface area contributed by atoms with Gasteiger partial charge in [0.15, 0.2) is 0 Å². The first-order valence-corrected chi connectivity index (χ1v) is 9.24. The summed E-state index contributed by atoms with van der Waals surface area (Å²) in [6.45, 7) is 4.67. The molecule has 4 rings (SSSR count). The van der Waals surface area contributed by atoms with Gasteiger partial charge in [-0.3, -0.25) is 0 Å². The molecule has 1 fully saturated rings. The van der Waals surface area contributed by atoms with Crippen LogP contribution in [0.2, 0.25) is 0 Å². The Labute approximate surface area is 140 Å². The molecule has 0 amide bonds. The standard InChI is InChI=1S/C22H27N/c1-2-17-11-7-12-20(17)15-23-16-21-10-4-3-8-18(21)14-19-9-5-6-13-22(19)23/h3-6,8-10,13,17,20H,2,7,11-12,14-16H2,1H3/t17?,20-/m0/s1. The van der Waals surface area contributed by atoms with Crippen LogP contribution in [0.1, 0.15) is 49.3 Å². The lowest BCUT2D eigenvalue weighted by Gasteiger charge is -2.30. The van der Waals surface area contributed by atoms with Gasteiger partial charge in [-0.05, 0) is 47.4 Å². The van der Waals surface area contributed by atoms with Crippen LogP contribution in [0, 0.1) is 11.8 Å². The highest BCUT2D eigenvalue weighted by molar-refractivity contribution is 5.58. The quantitative estimate of drug-likeness (QED) is 0.731. The second-order valence-electron chi connectivity index (χ2n) is 7.31. The molecule has 0 N–H and O–H groups in total. The molecule has 2 aromatic rings. The van der Waals surface area contributed by atoms with Crippen molar-refractivity contribution in [1.29, 1.82) is 0 Å². The first-order valence-electron chi connectivity index (χ1n) is 9.24. The van der Waals surface area contributed by atoms with Crippen LogP contribution >= 0.6 is 0 Å². The number of hydrogen-bond acceptors (Lipinski definition) is 1. The highest BCUT2D eigenvalue weighted by atomic mass is 15.1. The molecule has 0 aromatic heterocycles. The normalized spacial score (nSPS) is 23.3. The number of fused-ring (bicyclic) bond motifs is 2. The van der Waals surface area contributed by atoms with Gasteiger partial charge in [-0.1, -0.05) is 68.7 Å².